The summed E-state index contributed by atoms with van der Waals surface area (Å²) in [6, 6.07) is 6.39. The molecule has 0 aliphatic carbocycles. The van der Waals surface area contributed by atoms with Gasteiger partial charge in [-0.1, -0.05) is 23.6 Å². The van der Waals surface area contributed by atoms with Gasteiger partial charge >= 0.3 is 0 Å². The van der Waals surface area contributed by atoms with Crippen LogP contribution in [0, 0.1) is 47.0 Å². The van der Waals surface area contributed by atoms with Crippen LogP contribution in [0.1, 0.15) is 33.6 Å². The van der Waals surface area contributed by atoms with Crippen molar-refractivity contribution < 1.29 is 9.59 Å². The molecule has 1 aliphatic rings. The van der Waals surface area contributed by atoms with Crippen LogP contribution in [0.15, 0.2) is 23.1 Å². The molecular formula is C22H22N2O2S. The first-order valence-electron chi connectivity index (χ1n) is 8.70. The standard InChI is InChI=1S/C22H22N2O2S/c1-7-8-23-21(25)19(27-22(23)26)12-18-11-16(5)24(17(18)6)20-14(3)9-13(2)10-15(20)4/h1,9-12H,8H2,2-6H3/b19-12+. The Morgan fingerprint density at radius 3 is 2.30 bits per heavy atom. The SMILES string of the molecule is C#CCN1C(=O)S/C(=C/c2cc(C)n(-c3c(C)cc(C)cc3C)c2C)C1=O. The summed E-state index contributed by atoms with van der Waals surface area (Å²) in [5.74, 6) is 2.03. The van der Waals surface area contributed by atoms with Crippen molar-refractivity contribution in [2.24, 2.45) is 0 Å². The van der Waals surface area contributed by atoms with E-state index in [1.54, 1.807) is 6.08 Å². The molecule has 1 saturated heterocycles. The number of hydrogen-bond donors (Lipinski definition) is 0. The van der Waals surface area contributed by atoms with Gasteiger partial charge in [-0.2, -0.15) is 0 Å². The molecule has 5 heteroatoms. The minimum Gasteiger partial charge on any atom is -0.317 e. The molecule has 2 heterocycles. The van der Waals surface area contributed by atoms with Crippen LogP contribution >= 0.6 is 11.8 Å². The molecule has 1 aromatic heterocycles. The summed E-state index contributed by atoms with van der Waals surface area (Å²) in [6.07, 6.45) is 7.04. The third kappa shape index (κ3) is 3.33. The normalized spacial score (nSPS) is 15.7. The molecule has 0 bridgehead atoms. The van der Waals surface area contributed by atoms with Crippen molar-refractivity contribution in [1.29, 1.82) is 0 Å². The van der Waals surface area contributed by atoms with Gasteiger partial charge in [-0.05, 0) is 75.2 Å². The highest BCUT2D eigenvalue weighted by molar-refractivity contribution is 8.18. The van der Waals surface area contributed by atoms with Crippen LogP contribution in [0.25, 0.3) is 11.8 Å². The molecule has 2 aromatic rings. The first-order valence-corrected chi connectivity index (χ1v) is 9.52. The van der Waals surface area contributed by atoms with Gasteiger partial charge in [0.05, 0.1) is 17.1 Å². The smallest absolute Gasteiger partial charge is 0.294 e. The second-order valence-corrected chi connectivity index (χ2v) is 7.87. The average molecular weight is 378 g/mol. The number of aromatic nitrogens is 1. The second kappa shape index (κ2) is 7.13. The van der Waals surface area contributed by atoms with Crippen LogP contribution in [-0.2, 0) is 4.79 Å². The Morgan fingerprint density at radius 2 is 1.70 bits per heavy atom. The molecular weight excluding hydrogens is 356 g/mol. The van der Waals surface area contributed by atoms with Crippen molar-refractivity contribution in [2.75, 3.05) is 6.54 Å². The van der Waals surface area contributed by atoms with Gasteiger partial charge in [0.15, 0.2) is 0 Å². The molecule has 1 aliphatic heterocycles. The zero-order chi connectivity index (χ0) is 19.9. The van der Waals surface area contributed by atoms with Crippen LogP contribution in [0.2, 0.25) is 0 Å². The van der Waals surface area contributed by atoms with E-state index < -0.39 is 0 Å². The number of amides is 2. The molecule has 4 nitrogen and oxygen atoms in total. The monoisotopic (exact) mass is 378 g/mol. The van der Waals surface area contributed by atoms with E-state index in [4.69, 9.17) is 6.42 Å². The van der Waals surface area contributed by atoms with Crippen molar-refractivity contribution in [3.8, 4) is 18.0 Å². The lowest BCUT2D eigenvalue weighted by molar-refractivity contribution is -0.122. The van der Waals surface area contributed by atoms with E-state index in [0.29, 0.717) is 4.91 Å². The molecule has 3 rings (SSSR count). The molecule has 0 N–H and O–H groups in total. The zero-order valence-electron chi connectivity index (χ0n) is 16.2. The number of thioether (sulfide) groups is 1. The van der Waals surface area contributed by atoms with E-state index in [2.05, 4.69) is 43.4 Å². The van der Waals surface area contributed by atoms with Crippen molar-refractivity contribution in [3.05, 3.63) is 56.7 Å². The predicted molar refractivity (Wildman–Crippen MR) is 111 cm³/mol. The fourth-order valence-corrected chi connectivity index (χ4v) is 4.50. The number of carbonyl (C=O) groups is 2. The Morgan fingerprint density at radius 1 is 1.07 bits per heavy atom. The Kier molecular flexibility index (Phi) is 5.03. The lowest BCUT2D eigenvalue weighted by atomic mass is 10.0. The topological polar surface area (TPSA) is 42.3 Å². The average Bonchev–Trinajstić information content (AvgIpc) is 2.99. The Labute approximate surface area is 164 Å². The summed E-state index contributed by atoms with van der Waals surface area (Å²) in [4.78, 5) is 26.0. The number of benzene rings is 1. The summed E-state index contributed by atoms with van der Waals surface area (Å²) in [6.45, 7) is 10.4. The molecule has 2 amide bonds. The number of terminal acetylenes is 1. The van der Waals surface area contributed by atoms with Crippen molar-refractivity contribution in [3.63, 3.8) is 0 Å². The zero-order valence-corrected chi connectivity index (χ0v) is 17.0. The van der Waals surface area contributed by atoms with Gasteiger partial charge in [0.2, 0.25) is 0 Å². The quantitative estimate of drug-likeness (QED) is 0.575. The molecule has 1 fully saturated rings. The van der Waals surface area contributed by atoms with Gasteiger partial charge in [0.25, 0.3) is 11.1 Å². The Hall–Kier alpha value is -2.71. The Balaban J connectivity index is 2.07. The highest BCUT2D eigenvalue weighted by Crippen LogP contribution is 2.34. The van der Waals surface area contributed by atoms with E-state index in [0.717, 1.165) is 39.3 Å². The molecule has 0 saturated carbocycles. The van der Waals surface area contributed by atoms with Gasteiger partial charge < -0.3 is 4.57 Å². The molecule has 1 aromatic carbocycles. The minimum absolute atomic E-state index is 0.00276. The predicted octanol–water partition coefficient (Wildman–Crippen LogP) is 4.69. The number of hydrogen-bond acceptors (Lipinski definition) is 3. The van der Waals surface area contributed by atoms with Crippen LogP contribution in [0.3, 0.4) is 0 Å². The highest BCUT2D eigenvalue weighted by atomic mass is 32.2. The lowest BCUT2D eigenvalue weighted by Crippen LogP contribution is -2.28. The summed E-state index contributed by atoms with van der Waals surface area (Å²) < 4.78 is 2.21. The third-order valence-corrected chi connectivity index (χ3v) is 5.65. The number of nitrogens with zero attached hydrogens (tertiary/aromatic N) is 2. The fraction of sp³-hybridized carbons (Fsp3) is 0.273. The van der Waals surface area contributed by atoms with Crippen LogP contribution < -0.4 is 0 Å². The lowest BCUT2D eigenvalue weighted by Gasteiger charge is -2.17. The molecule has 27 heavy (non-hydrogen) atoms. The van der Waals surface area contributed by atoms with Crippen molar-refractivity contribution in [2.45, 2.75) is 34.6 Å². The van der Waals surface area contributed by atoms with Crippen LogP contribution in [0.4, 0.5) is 4.79 Å². The molecule has 0 spiro atoms. The summed E-state index contributed by atoms with van der Waals surface area (Å²) in [5.41, 5.74) is 7.85. The molecule has 0 radical (unpaired) electrons. The van der Waals surface area contributed by atoms with Gasteiger partial charge in [0, 0.05) is 11.4 Å². The number of carbonyl (C=O) groups excluding carboxylic acids is 2. The van der Waals surface area contributed by atoms with Crippen molar-refractivity contribution in [1.82, 2.24) is 9.47 Å². The largest absolute Gasteiger partial charge is 0.317 e. The molecule has 0 unspecified atom stereocenters. The van der Waals surface area contributed by atoms with Crippen LogP contribution in [0.5, 0.6) is 0 Å². The van der Waals surface area contributed by atoms with Crippen LogP contribution in [-0.4, -0.2) is 27.2 Å². The maximum atomic E-state index is 12.4. The van der Waals surface area contributed by atoms with E-state index >= 15 is 0 Å². The first kappa shape index (κ1) is 19.1. The number of imide groups is 1. The summed E-state index contributed by atoms with van der Waals surface area (Å²) in [7, 11) is 0. The summed E-state index contributed by atoms with van der Waals surface area (Å²) in [5, 5.41) is -0.316. The summed E-state index contributed by atoms with van der Waals surface area (Å²) >= 11 is 0.938. The van der Waals surface area contributed by atoms with E-state index in [1.807, 2.05) is 19.9 Å². The maximum Gasteiger partial charge on any atom is 0.294 e. The Bertz CT molecular complexity index is 1010. The maximum absolute atomic E-state index is 12.4. The first-order chi connectivity index (χ1) is 12.7. The van der Waals surface area contributed by atoms with Gasteiger partial charge in [-0.3, -0.25) is 14.5 Å². The van der Waals surface area contributed by atoms with Crippen molar-refractivity contribution >= 4 is 29.0 Å². The molecule has 138 valence electrons. The van der Waals surface area contributed by atoms with E-state index in [-0.39, 0.29) is 17.7 Å². The van der Waals surface area contributed by atoms with E-state index in [1.165, 1.54) is 16.7 Å². The number of rotatable bonds is 3. The van der Waals surface area contributed by atoms with Gasteiger partial charge in [-0.25, -0.2) is 0 Å². The number of aryl methyl sites for hydroxylation is 4. The fourth-order valence-electron chi connectivity index (χ4n) is 3.67. The highest BCUT2D eigenvalue weighted by Gasteiger charge is 2.34. The molecule has 0 atom stereocenters. The van der Waals surface area contributed by atoms with Gasteiger partial charge in [0.1, 0.15) is 0 Å². The second-order valence-electron chi connectivity index (χ2n) is 6.88. The minimum atomic E-state index is -0.324. The third-order valence-electron chi connectivity index (χ3n) is 4.74. The van der Waals surface area contributed by atoms with Gasteiger partial charge in [-0.15, -0.1) is 6.42 Å². The van der Waals surface area contributed by atoms with E-state index in [9.17, 15) is 9.59 Å².